The first kappa shape index (κ1) is 14.6. The second-order valence-corrected chi connectivity index (χ2v) is 5.79. The van der Waals surface area contributed by atoms with Crippen LogP contribution in [-0.2, 0) is 13.0 Å². The molecule has 3 aromatic heterocycles. The minimum absolute atomic E-state index is 0.568. The molecule has 0 aliphatic rings. The van der Waals surface area contributed by atoms with E-state index >= 15 is 0 Å². The summed E-state index contributed by atoms with van der Waals surface area (Å²) in [6.07, 6.45) is 5.46. The van der Waals surface area contributed by atoms with Crippen molar-refractivity contribution in [2.24, 2.45) is 0 Å². The summed E-state index contributed by atoms with van der Waals surface area (Å²) in [6.45, 7) is 2.81. The van der Waals surface area contributed by atoms with Gasteiger partial charge in [-0.15, -0.1) is 10.2 Å². The van der Waals surface area contributed by atoms with Crippen molar-refractivity contribution < 1.29 is 4.42 Å². The van der Waals surface area contributed by atoms with E-state index in [9.17, 15) is 0 Å². The molecule has 1 aromatic carbocycles. The van der Waals surface area contributed by atoms with Crippen LogP contribution in [0, 0.1) is 0 Å². The molecule has 0 aliphatic carbocycles. The van der Waals surface area contributed by atoms with Gasteiger partial charge in [0.05, 0.1) is 0 Å². The number of hydrogen-bond acceptors (Lipinski definition) is 4. The molecule has 5 nitrogen and oxygen atoms in total. The highest BCUT2D eigenvalue weighted by molar-refractivity contribution is 5.85. The second kappa shape index (κ2) is 6.28. The zero-order chi connectivity index (χ0) is 16.4. The molecule has 0 unspecified atom stereocenters. The maximum absolute atomic E-state index is 5.86. The minimum atomic E-state index is 0.568. The van der Waals surface area contributed by atoms with Gasteiger partial charge < -0.3 is 8.98 Å². The van der Waals surface area contributed by atoms with Gasteiger partial charge in [0.1, 0.15) is 5.69 Å². The maximum Gasteiger partial charge on any atom is 0.264 e. The van der Waals surface area contributed by atoms with E-state index in [2.05, 4.69) is 50.9 Å². The normalized spacial score (nSPS) is 11.2. The third kappa shape index (κ3) is 2.69. The second-order valence-electron chi connectivity index (χ2n) is 5.79. The van der Waals surface area contributed by atoms with Gasteiger partial charge in [0.2, 0.25) is 5.89 Å². The number of aryl methyl sites for hydroxylation is 1. The molecular weight excluding hydrogens is 300 g/mol. The smallest absolute Gasteiger partial charge is 0.264 e. The van der Waals surface area contributed by atoms with Crippen molar-refractivity contribution in [2.75, 3.05) is 0 Å². The number of benzene rings is 1. The Labute approximate surface area is 140 Å². The molecule has 0 fully saturated rings. The topological polar surface area (TPSA) is 56.7 Å². The first-order chi connectivity index (χ1) is 11.8. The summed E-state index contributed by atoms with van der Waals surface area (Å²) in [6, 6.07) is 14.4. The molecule has 5 heteroatoms. The predicted octanol–water partition coefficient (Wildman–Crippen LogP) is 4.09. The first-order valence-electron chi connectivity index (χ1n) is 8.15. The summed E-state index contributed by atoms with van der Waals surface area (Å²) in [4.78, 5) is 4.21. The molecule has 0 radical (unpaired) electrons. The molecule has 0 aliphatic heterocycles. The van der Waals surface area contributed by atoms with Crippen molar-refractivity contribution in [3.63, 3.8) is 0 Å². The van der Waals surface area contributed by atoms with Crippen molar-refractivity contribution >= 4 is 10.9 Å². The Hall–Kier alpha value is -2.95. The Kier molecular flexibility index (Phi) is 3.83. The van der Waals surface area contributed by atoms with Crippen molar-refractivity contribution in [1.29, 1.82) is 0 Å². The van der Waals surface area contributed by atoms with Crippen LogP contribution in [-0.4, -0.2) is 19.7 Å². The fraction of sp³-hybridized carbons (Fsp3) is 0.211. The van der Waals surface area contributed by atoms with Crippen molar-refractivity contribution in [3.8, 4) is 11.6 Å². The number of pyridine rings is 1. The summed E-state index contributed by atoms with van der Waals surface area (Å²) in [5, 5.41) is 9.57. The molecular formula is C19H18N4O. The molecule has 0 atom stereocenters. The molecule has 0 saturated carbocycles. The van der Waals surface area contributed by atoms with Crippen LogP contribution in [0.5, 0.6) is 0 Å². The Bertz CT molecular complexity index is 956. The van der Waals surface area contributed by atoms with E-state index in [0.717, 1.165) is 35.0 Å². The molecule has 24 heavy (non-hydrogen) atoms. The van der Waals surface area contributed by atoms with Gasteiger partial charge in [-0.25, -0.2) is 0 Å². The van der Waals surface area contributed by atoms with Gasteiger partial charge in [-0.05, 0) is 30.2 Å². The predicted molar refractivity (Wildman–Crippen MR) is 92.6 cm³/mol. The summed E-state index contributed by atoms with van der Waals surface area (Å²) in [5.74, 6) is 1.25. The fourth-order valence-electron chi connectivity index (χ4n) is 2.90. The van der Waals surface area contributed by atoms with E-state index in [4.69, 9.17) is 4.42 Å². The van der Waals surface area contributed by atoms with E-state index in [1.165, 1.54) is 0 Å². The van der Waals surface area contributed by atoms with Crippen molar-refractivity contribution in [3.05, 3.63) is 66.3 Å². The van der Waals surface area contributed by atoms with Crippen LogP contribution < -0.4 is 0 Å². The van der Waals surface area contributed by atoms with Crippen molar-refractivity contribution in [1.82, 2.24) is 19.7 Å². The molecule has 4 aromatic rings. The standard InChI is InChI=1S/C19H18N4O/c1-2-6-18-21-22-19(24-18)17-11-15-8-3-4-9-16(15)23(17)13-14-7-5-10-20-12-14/h3-5,7-12H,2,6,13H2,1H3. The van der Waals surface area contributed by atoms with Crippen LogP contribution >= 0.6 is 0 Å². The zero-order valence-corrected chi connectivity index (χ0v) is 13.5. The molecule has 0 amide bonds. The van der Waals surface area contributed by atoms with Gasteiger partial charge >= 0.3 is 0 Å². The molecule has 120 valence electrons. The quantitative estimate of drug-likeness (QED) is 0.556. The Balaban J connectivity index is 1.83. The molecule has 0 N–H and O–H groups in total. The van der Waals surface area contributed by atoms with Gasteiger partial charge in [-0.3, -0.25) is 4.98 Å². The third-order valence-electron chi connectivity index (χ3n) is 4.02. The molecule has 0 bridgehead atoms. The van der Waals surface area contributed by atoms with E-state index in [0.29, 0.717) is 18.3 Å². The van der Waals surface area contributed by atoms with Gasteiger partial charge in [-0.2, -0.15) is 0 Å². The SMILES string of the molecule is CCCc1nnc(-c2cc3ccccc3n2Cc2cccnc2)o1. The molecule has 0 saturated heterocycles. The summed E-state index contributed by atoms with van der Waals surface area (Å²) in [7, 11) is 0. The van der Waals surface area contributed by atoms with Crippen molar-refractivity contribution in [2.45, 2.75) is 26.3 Å². The number of aromatic nitrogens is 4. The van der Waals surface area contributed by atoms with Crippen LogP contribution in [0.15, 0.2) is 59.3 Å². The molecule has 0 spiro atoms. The number of nitrogens with zero attached hydrogens (tertiary/aromatic N) is 4. The number of hydrogen-bond donors (Lipinski definition) is 0. The van der Waals surface area contributed by atoms with Crippen LogP contribution in [0.25, 0.3) is 22.5 Å². The van der Waals surface area contributed by atoms with Gasteiger partial charge in [0.15, 0.2) is 0 Å². The van der Waals surface area contributed by atoms with Crippen LogP contribution in [0.1, 0.15) is 24.8 Å². The lowest BCUT2D eigenvalue weighted by Gasteiger charge is -2.08. The number of rotatable bonds is 5. The summed E-state index contributed by atoms with van der Waals surface area (Å²) < 4.78 is 8.06. The zero-order valence-electron chi connectivity index (χ0n) is 13.5. The monoisotopic (exact) mass is 318 g/mol. The lowest BCUT2D eigenvalue weighted by atomic mass is 10.2. The number of para-hydroxylation sites is 1. The van der Waals surface area contributed by atoms with E-state index in [1.807, 2.05) is 24.4 Å². The van der Waals surface area contributed by atoms with Crippen LogP contribution in [0.3, 0.4) is 0 Å². The maximum atomic E-state index is 5.86. The van der Waals surface area contributed by atoms with E-state index < -0.39 is 0 Å². The minimum Gasteiger partial charge on any atom is -0.419 e. The van der Waals surface area contributed by atoms with E-state index in [-0.39, 0.29) is 0 Å². The van der Waals surface area contributed by atoms with Crippen LogP contribution in [0.4, 0.5) is 0 Å². The van der Waals surface area contributed by atoms with Crippen LogP contribution in [0.2, 0.25) is 0 Å². The van der Waals surface area contributed by atoms with Gasteiger partial charge in [0.25, 0.3) is 5.89 Å². The Morgan fingerprint density at radius 1 is 1.08 bits per heavy atom. The Morgan fingerprint density at radius 2 is 2.00 bits per heavy atom. The highest BCUT2D eigenvalue weighted by Gasteiger charge is 2.16. The van der Waals surface area contributed by atoms with Gasteiger partial charge in [0, 0.05) is 36.3 Å². The fourth-order valence-corrected chi connectivity index (χ4v) is 2.90. The largest absolute Gasteiger partial charge is 0.419 e. The molecule has 4 rings (SSSR count). The summed E-state index contributed by atoms with van der Waals surface area (Å²) in [5.41, 5.74) is 3.22. The summed E-state index contributed by atoms with van der Waals surface area (Å²) >= 11 is 0. The average Bonchev–Trinajstić information content (AvgIpc) is 3.21. The molecule has 3 heterocycles. The highest BCUT2D eigenvalue weighted by Crippen LogP contribution is 2.28. The third-order valence-corrected chi connectivity index (χ3v) is 4.02. The average molecular weight is 318 g/mol. The lowest BCUT2D eigenvalue weighted by molar-refractivity contribution is 0.498. The lowest BCUT2D eigenvalue weighted by Crippen LogP contribution is -2.02. The van der Waals surface area contributed by atoms with E-state index in [1.54, 1.807) is 6.20 Å². The highest BCUT2D eigenvalue weighted by atomic mass is 16.4. The Morgan fingerprint density at radius 3 is 2.83 bits per heavy atom. The number of fused-ring (bicyclic) bond motifs is 1. The first-order valence-corrected chi connectivity index (χ1v) is 8.15. The van der Waals surface area contributed by atoms with Gasteiger partial charge in [-0.1, -0.05) is 31.2 Å².